The smallest absolute Gasteiger partial charge is 0.271 e. The molecule has 1 aromatic heterocycles. The van der Waals surface area contributed by atoms with Crippen LogP contribution in [0.1, 0.15) is 17.4 Å². The van der Waals surface area contributed by atoms with Crippen molar-refractivity contribution >= 4 is 11.6 Å². The molecule has 2 rings (SSSR count). The van der Waals surface area contributed by atoms with Crippen molar-refractivity contribution in [3.63, 3.8) is 0 Å². The molecule has 1 aromatic carbocycles. The highest BCUT2D eigenvalue weighted by Gasteiger charge is 2.12. The highest BCUT2D eigenvalue weighted by Crippen LogP contribution is 2.16. The normalized spacial score (nSPS) is 11.9. The molecule has 1 atom stereocenters. The van der Waals surface area contributed by atoms with E-state index in [1.165, 1.54) is 29.1 Å². The van der Waals surface area contributed by atoms with Gasteiger partial charge in [-0.15, -0.1) is 0 Å². The third kappa shape index (κ3) is 3.63. The van der Waals surface area contributed by atoms with E-state index in [-0.39, 0.29) is 17.9 Å². The van der Waals surface area contributed by atoms with Crippen LogP contribution in [0.3, 0.4) is 0 Å². The number of carbonyl (C=O) groups excluding carboxylic acids is 1. The van der Waals surface area contributed by atoms with Crippen LogP contribution in [0.25, 0.3) is 5.69 Å². The number of aliphatic hydroxyl groups is 1. The molecule has 1 amide bonds. The van der Waals surface area contributed by atoms with Gasteiger partial charge in [0.05, 0.1) is 16.7 Å². The van der Waals surface area contributed by atoms with Crippen LogP contribution in [-0.2, 0) is 0 Å². The van der Waals surface area contributed by atoms with Gasteiger partial charge in [-0.25, -0.2) is 4.68 Å². The molecular formula is C13H14N4O4. The summed E-state index contributed by atoms with van der Waals surface area (Å²) in [5.41, 5.74) is 0.601. The van der Waals surface area contributed by atoms with Gasteiger partial charge in [-0.1, -0.05) is 6.07 Å². The minimum absolute atomic E-state index is 0.0527. The number of nitro groups is 1. The van der Waals surface area contributed by atoms with Crippen LogP contribution in [0.4, 0.5) is 5.69 Å². The number of nitrogens with zero attached hydrogens (tertiary/aromatic N) is 3. The summed E-state index contributed by atoms with van der Waals surface area (Å²) < 4.78 is 1.38. The number of nitrogens with one attached hydrogen (secondary N) is 1. The second-order valence-electron chi connectivity index (χ2n) is 4.48. The lowest BCUT2D eigenvalue weighted by Crippen LogP contribution is -2.30. The van der Waals surface area contributed by atoms with Gasteiger partial charge in [0.15, 0.2) is 5.69 Å². The molecule has 8 nitrogen and oxygen atoms in total. The van der Waals surface area contributed by atoms with Crippen molar-refractivity contribution < 1.29 is 14.8 Å². The van der Waals surface area contributed by atoms with Gasteiger partial charge in [-0.2, -0.15) is 5.10 Å². The van der Waals surface area contributed by atoms with E-state index in [0.29, 0.717) is 5.69 Å². The third-order valence-electron chi connectivity index (χ3n) is 2.68. The summed E-state index contributed by atoms with van der Waals surface area (Å²) >= 11 is 0. The van der Waals surface area contributed by atoms with E-state index in [1.54, 1.807) is 19.1 Å². The summed E-state index contributed by atoms with van der Waals surface area (Å²) in [6.45, 7) is 1.69. The summed E-state index contributed by atoms with van der Waals surface area (Å²) in [4.78, 5) is 22.0. The Balaban J connectivity index is 2.18. The number of rotatable bonds is 5. The number of hydrogen-bond donors (Lipinski definition) is 2. The highest BCUT2D eigenvalue weighted by atomic mass is 16.6. The van der Waals surface area contributed by atoms with Crippen molar-refractivity contribution in [1.82, 2.24) is 15.1 Å². The van der Waals surface area contributed by atoms with E-state index in [0.717, 1.165) is 0 Å². The van der Waals surface area contributed by atoms with Crippen LogP contribution in [0.5, 0.6) is 0 Å². The number of carbonyl (C=O) groups is 1. The van der Waals surface area contributed by atoms with Gasteiger partial charge in [0.25, 0.3) is 11.6 Å². The molecule has 0 aliphatic rings. The highest BCUT2D eigenvalue weighted by molar-refractivity contribution is 5.92. The maximum atomic E-state index is 11.8. The number of aliphatic hydroxyl groups excluding tert-OH is 1. The Kier molecular flexibility index (Phi) is 4.29. The van der Waals surface area contributed by atoms with Crippen molar-refractivity contribution in [1.29, 1.82) is 0 Å². The Hall–Kier alpha value is -2.74. The van der Waals surface area contributed by atoms with Gasteiger partial charge in [0.1, 0.15) is 0 Å². The standard InChI is InChI=1S/C13H14N4O4/c1-9(18)8-14-13(19)12-5-6-16(15-12)10-3-2-4-11(7-10)17(20)21/h2-7,9,18H,8H2,1H3,(H,14,19)/t9-/m1/s1. The average Bonchev–Trinajstić information content (AvgIpc) is 2.94. The summed E-state index contributed by atoms with van der Waals surface area (Å²) in [6.07, 6.45) is 0.892. The van der Waals surface area contributed by atoms with E-state index in [4.69, 9.17) is 5.11 Å². The fraction of sp³-hybridized carbons (Fsp3) is 0.231. The van der Waals surface area contributed by atoms with Crippen LogP contribution in [-0.4, -0.2) is 38.4 Å². The molecule has 2 aromatic rings. The Bertz CT molecular complexity index is 666. The molecule has 0 radical (unpaired) electrons. The molecule has 0 fully saturated rings. The summed E-state index contributed by atoms with van der Waals surface area (Å²) in [5, 5.41) is 26.4. The van der Waals surface area contributed by atoms with E-state index >= 15 is 0 Å². The topological polar surface area (TPSA) is 110 Å². The van der Waals surface area contributed by atoms with Crippen molar-refractivity contribution in [2.45, 2.75) is 13.0 Å². The zero-order valence-corrected chi connectivity index (χ0v) is 11.3. The van der Waals surface area contributed by atoms with Crippen LogP contribution < -0.4 is 5.32 Å². The minimum Gasteiger partial charge on any atom is -0.392 e. The van der Waals surface area contributed by atoms with E-state index in [9.17, 15) is 14.9 Å². The number of nitro benzene ring substituents is 1. The van der Waals surface area contributed by atoms with Crippen molar-refractivity contribution in [3.8, 4) is 5.69 Å². The SMILES string of the molecule is C[C@@H](O)CNC(=O)c1ccn(-c2cccc([N+](=O)[O-])c2)n1. The number of amides is 1. The molecule has 0 bridgehead atoms. The Morgan fingerprint density at radius 2 is 2.29 bits per heavy atom. The summed E-state index contributed by atoms with van der Waals surface area (Å²) in [6, 6.07) is 7.43. The number of hydrogen-bond acceptors (Lipinski definition) is 5. The fourth-order valence-corrected chi connectivity index (χ4v) is 1.67. The first kappa shape index (κ1) is 14.7. The largest absolute Gasteiger partial charge is 0.392 e. The van der Waals surface area contributed by atoms with Crippen LogP contribution >= 0.6 is 0 Å². The molecule has 2 N–H and O–H groups in total. The van der Waals surface area contributed by atoms with Crippen LogP contribution in [0, 0.1) is 10.1 Å². The quantitative estimate of drug-likeness (QED) is 0.627. The van der Waals surface area contributed by atoms with E-state index < -0.39 is 16.9 Å². The number of non-ortho nitro benzene ring substituents is 1. The van der Waals surface area contributed by atoms with Crippen molar-refractivity contribution in [3.05, 3.63) is 52.3 Å². The monoisotopic (exact) mass is 290 g/mol. The van der Waals surface area contributed by atoms with Crippen LogP contribution in [0.15, 0.2) is 36.5 Å². The molecule has 0 aliphatic carbocycles. The molecule has 0 saturated heterocycles. The minimum atomic E-state index is -0.646. The van der Waals surface area contributed by atoms with Crippen molar-refractivity contribution in [2.75, 3.05) is 6.54 Å². The molecule has 0 saturated carbocycles. The molecular weight excluding hydrogens is 276 g/mol. The van der Waals surface area contributed by atoms with Crippen LogP contribution in [0.2, 0.25) is 0 Å². The Morgan fingerprint density at radius 1 is 1.52 bits per heavy atom. The maximum Gasteiger partial charge on any atom is 0.271 e. The van der Waals surface area contributed by atoms with E-state index in [1.807, 2.05) is 0 Å². The second-order valence-corrected chi connectivity index (χ2v) is 4.48. The van der Waals surface area contributed by atoms with Gasteiger partial charge >= 0.3 is 0 Å². The first-order valence-corrected chi connectivity index (χ1v) is 6.24. The zero-order valence-electron chi connectivity index (χ0n) is 11.3. The molecule has 0 aliphatic heterocycles. The molecule has 21 heavy (non-hydrogen) atoms. The summed E-state index contributed by atoms with van der Waals surface area (Å²) in [7, 11) is 0. The Labute approximate surface area is 120 Å². The first-order chi connectivity index (χ1) is 9.97. The third-order valence-corrected chi connectivity index (χ3v) is 2.68. The maximum absolute atomic E-state index is 11.8. The predicted molar refractivity (Wildman–Crippen MR) is 74.2 cm³/mol. The fourth-order valence-electron chi connectivity index (χ4n) is 1.67. The van der Waals surface area contributed by atoms with Gasteiger partial charge in [0.2, 0.25) is 0 Å². The second kappa shape index (κ2) is 6.14. The zero-order chi connectivity index (χ0) is 15.4. The molecule has 8 heteroatoms. The predicted octanol–water partition coefficient (Wildman–Crippen LogP) is 0.891. The molecule has 0 spiro atoms. The Morgan fingerprint density at radius 3 is 2.95 bits per heavy atom. The molecule has 0 unspecified atom stereocenters. The van der Waals surface area contributed by atoms with Gasteiger partial charge < -0.3 is 10.4 Å². The van der Waals surface area contributed by atoms with Gasteiger partial charge in [-0.05, 0) is 19.1 Å². The van der Waals surface area contributed by atoms with Crippen molar-refractivity contribution in [2.24, 2.45) is 0 Å². The van der Waals surface area contributed by atoms with Gasteiger partial charge in [-0.3, -0.25) is 14.9 Å². The van der Waals surface area contributed by atoms with Gasteiger partial charge in [0, 0.05) is 24.9 Å². The number of aromatic nitrogens is 2. The first-order valence-electron chi connectivity index (χ1n) is 6.24. The summed E-state index contributed by atoms with van der Waals surface area (Å²) in [5.74, 6) is -0.417. The lowest BCUT2D eigenvalue weighted by atomic mass is 10.3. The lowest BCUT2D eigenvalue weighted by molar-refractivity contribution is -0.384. The average molecular weight is 290 g/mol. The lowest BCUT2D eigenvalue weighted by Gasteiger charge is -2.05. The van der Waals surface area contributed by atoms with E-state index in [2.05, 4.69) is 10.4 Å². The number of benzene rings is 1. The molecule has 110 valence electrons. The molecule has 1 heterocycles.